The number of para-hydroxylation sites is 1. The van der Waals surface area contributed by atoms with Gasteiger partial charge in [-0.3, -0.25) is 4.79 Å². The van der Waals surface area contributed by atoms with Gasteiger partial charge in [0.15, 0.2) is 12.4 Å². The second-order valence-corrected chi connectivity index (χ2v) is 13.2. The molecule has 4 aromatic carbocycles. The third kappa shape index (κ3) is 5.59. The normalized spacial score (nSPS) is 31.0. The maximum absolute atomic E-state index is 14.3. The van der Waals surface area contributed by atoms with Gasteiger partial charge in [0, 0.05) is 11.3 Å². The van der Waals surface area contributed by atoms with Crippen molar-refractivity contribution in [2.75, 3.05) is 4.90 Å². The molecule has 260 valence electrons. The molecular formula is C38H36FNO10. The summed E-state index contributed by atoms with van der Waals surface area (Å²) in [5.74, 6) is -2.20. The Hall–Kier alpha value is -4.85. The Morgan fingerprint density at radius 2 is 1.48 bits per heavy atom. The number of aliphatic hydroxyl groups is 3. The number of hydrogen-bond acceptors (Lipinski definition) is 9. The summed E-state index contributed by atoms with van der Waals surface area (Å²) in [5.41, 5.74) is 0.659. The van der Waals surface area contributed by atoms with Crippen LogP contribution in [0.15, 0.2) is 97.1 Å². The smallest absolute Gasteiger partial charge is 0.335 e. The van der Waals surface area contributed by atoms with Crippen LogP contribution in [0.25, 0.3) is 11.1 Å². The summed E-state index contributed by atoms with van der Waals surface area (Å²) in [6.45, 7) is 0. The van der Waals surface area contributed by atoms with Gasteiger partial charge in [-0.1, -0.05) is 54.6 Å². The molecule has 6 N–H and O–H groups in total. The van der Waals surface area contributed by atoms with Crippen LogP contribution in [0.5, 0.6) is 11.5 Å². The summed E-state index contributed by atoms with van der Waals surface area (Å²) in [6.07, 6.45) is -8.51. The fraction of sp³-hybridized carbons (Fsp3) is 0.316. The summed E-state index contributed by atoms with van der Waals surface area (Å²) in [4.78, 5) is 27.8. The number of halogens is 1. The number of phenolic OH excluding ortho intramolecular Hbond substituents is 2. The van der Waals surface area contributed by atoms with E-state index in [0.717, 1.165) is 0 Å². The quantitative estimate of drug-likeness (QED) is 0.153. The molecule has 0 radical (unpaired) electrons. The minimum Gasteiger partial charge on any atom is -0.508 e. The Labute approximate surface area is 286 Å². The van der Waals surface area contributed by atoms with Crippen molar-refractivity contribution in [3.8, 4) is 22.6 Å². The van der Waals surface area contributed by atoms with Crippen molar-refractivity contribution < 1.29 is 54.1 Å². The number of ether oxygens (including phenoxy) is 2. The first-order chi connectivity index (χ1) is 23.9. The molecule has 3 aliphatic rings. The van der Waals surface area contributed by atoms with E-state index in [1.807, 2.05) is 36.4 Å². The number of aliphatic carboxylic acids is 1. The number of carbonyl (C=O) groups is 2. The number of carbonyl (C=O) groups excluding carboxylic acids is 1. The summed E-state index contributed by atoms with van der Waals surface area (Å²) < 4.78 is 26.0. The van der Waals surface area contributed by atoms with E-state index in [0.29, 0.717) is 27.9 Å². The second kappa shape index (κ2) is 12.8. The highest BCUT2D eigenvalue weighted by Crippen LogP contribution is 2.63. The van der Waals surface area contributed by atoms with E-state index in [1.165, 1.54) is 24.3 Å². The van der Waals surface area contributed by atoms with Gasteiger partial charge in [-0.15, -0.1) is 0 Å². The number of aliphatic hydroxyl groups excluding tert-OH is 3. The van der Waals surface area contributed by atoms with E-state index in [9.17, 15) is 44.6 Å². The number of anilines is 1. The molecule has 1 amide bonds. The van der Waals surface area contributed by atoms with Crippen molar-refractivity contribution in [1.29, 1.82) is 0 Å². The molecule has 1 spiro atoms. The van der Waals surface area contributed by atoms with Gasteiger partial charge in [0.2, 0.25) is 5.91 Å². The molecule has 7 rings (SSSR count). The van der Waals surface area contributed by atoms with Crippen LogP contribution >= 0.6 is 0 Å². The summed E-state index contributed by atoms with van der Waals surface area (Å²) >= 11 is 0. The van der Waals surface area contributed by atoms with Gasteiger partial charge in [-0.25, -0.2) is 9.18 Å². The van der Waals surface area contributed by atoms with E-state index in [-0.39, 0.29) is 43.1 Å². The third-order valence-electron chi connectivity index (χ3n) is 10.4. The Morgan fingerprint density at radius 1 is 0.800 bits per heavy atom. The SMILES string of the molecule is O=C(O)C1O[C@@H](OC2(c3ccc(F)cc3)CCC3(CC2)C(=O)N(c2ccccc2)[C@@H]3c2ccc(-c3cccc(O)c3)cc2O)C(O)C(O)[C@@H]1O. The molecule has 11 nitrogen and oxygen atoms in total. The average Bonchev–Trinajstić information content (AvgIpc) is 3.11. The number of hydrogen-bond donors (Lipinski definition) is 6. The number of rotatable bonds is 7. The van der Waals surface area contributed by atoms with E-state index >= 15 is 0 Å². The van der Waals surface area contributed by atoms with Gasteiger partial charge in [-0.05, 0) is 84.8 Å². The lowest BCUT2D eigenvalue weighted by molar-refractivity contribution is -0.328. The molecule has 12 heteroatoms. The van der Waals surface area contributed by atoms with Crippen molar-refractivity contribution in [3.63, 3.8) is 0 Å². The minimum atomic E-state index is -1.91. The number of aromatic hydroxyl groups is 2. The fourth-order valence-corrected chi connectivity index (χ4v) is 7.77. The number of benzene rings is 4. The predicted molar refractivity (Wildman–Crippen MR) is 176 cm³/mol. The molecular weight excluding hydrogens is 649 g/mol. The Bertz CT molecular complexity index is 1900. The Balaban J connectivity index is 1.25. The van der Waals surface area contributed by atoms with Crippen molar-refractivity contribution >= 4 is 17.6 Å². The van der Waals surface area contributed by atoms with Crippen molar-refractivity contribution in [3.05, 3.63) is 114 Å². The molecule has 4 aromatic rings. The average molecular weight is 686 g/mol. The molecule has 0 bridgehead atoms. The highest BCUT2D eigenvalue weighted by molar-refractivity contribution is 6.06. The van der Waals surface area contributed by atoms with Gasteiger partial charge in [-0.2, -0.15) is 0 Å². The van der Waals surface area contributed by atoms with E-state index < -0.39 is 59.6 Å². The lowest BCUT2D eigenvalue weighted by Gasteiger charge is -2.60. The lowest BCUT2D eigenvalue weighted by atomic mass is 9.56. The maximum atomic E-state index is 14.3. The van der Waals surface area contributed by atoms with E-state index in [4.69, 9.17) is 9.47 Å². The standard InChI is InChI=1S/C38H36FNO10/c39-24-12-10-23(11-13-24)38(50-35-31(45)29(43)30(44)32(49-35)34(46)47)17-15-37(16-18-38)33(40(36(37)48)25-6-2-1-3-7-25)27-14-9-22(20-28(27)42)21-5-4-8-26(41)19-21/h1-14,19-20,29-33,35,41-45H,15-18H2,(H,46,47)/t29?,30-,31?,32?,33+,35-,37?,38?/m0/s1. The van der Waals surface area contributed by atoms with Gasteiger partial charge in [0.05, 0.1) is 17.1 Å². The van der Waals surface area contributed by atoms with Gasteiger partial charge < -0.3 is 45.0 Å². The fourth-order valence-electron chi connectivity index (χ4n) is 7.77. The second-order valence-electron chi connectivity index (χ2n) is 13.2. The zero-order chi connectivity index (χ0) is 35.4. The zero-order valence-electron chi connectivity index (χ0n) is 26.7. The van der Waals surface area contributed by atoms with Crippen LogP contribution in [0.3, 0.4) is 0 Å². The summed E-state index contributed by atoms with van der Waals surface area (Å²) in [7, 11) is 0. The van der Waals surface area contributed by atoms with Crippen LogP contribution in [0.1, 0.15) is 42.9 Å². The molecule has 2 aliphatic heterocycles. The van der Waals surface area contributed by atoms with Crippen LogP contribution in [-0.4, -0.2) is 73.2 Å². The molecule has 3 unspecified atom stereocenters. The first kappa shape index (κ1) is 33.6. The van der Waals surface area contributed by atoms with Crippen molar-refractivity contribution in [2.45, 2.75) is 68.0 Å². The van der Waals surface area contributed by atoms with Crippen LogP contribution < -0.4 is 4.90 Å². The van der Waals surface area contributed by atoms with E-state index in [1.54, 1.807) is 41.3 Å². The first-order valence-electron chi connectivity index (χ1n) is 16.3. The van der Waals surface area contributed by atoms with Crippen LogP contribution in [-0.2, 0) is 24.7 Å². The topological polar surface area (TPSA) is 177 Å². The molecule has 1 saturated carbocycles. The van der Waals surface area contributed by atoms with Gasteiger partial charge in [0.25, 0.3) is 0 Å². The number of β-lactam (4-membered cyclic amide) rings is 1. The van der Waals surface area contributed by atoms with Gasteiger partial charge >= 0.3 is 5.97 Å². The van der Waals surface area contributed by atoms with Crippen LogP contribution in [0.2, 0.25) is 0 Å². The van der Waals surface area contributed by atoms with Gasteiger partial charge in [0.1, 0.15) is 35.6 Å². The molecule has 6 atom stereocenters. The molecule has 50 heavy (non-hydrogen) atoms. The Morgan fingerprint density at radius 3 is 2.12 bits per heavy atom. The predicted octanol–water partition coefficient (Wildman–Crippen LogP) is 4.36. The number of phenols is 2. The summed E-state index contributed by atoms with van der Waals surface area (Å²) in [5, 5.41) is 62.7. The number of carboxylic acid groups (broad SMARTS) is 1. The minimum absolute atomic E-state index is 0.0405. The van der Waals surface area contributed by atoms with Crippen LogP contribution in [0.4, 0.5) is 10.1 Å². The zero-order valence-corrected chi connectivity index (χ0v) is 26.7. The number of amides is 1. The highest BCUT2D eigenvalue weighted by atomic mass is 19.1. The largest absolute Gasteiger partial charge is 0.508 e. The summed E-state index contributed by atoms with van der Waals surface area (Å²) in [6, 6.07) is 25.8. The van der Waals surface area contributed by atoms with Crippen LogP contribution in [0, 0.1) is 11.2 Å². The Kier molecular flexibility index (Phi) is 8.61. The van der Waals surface area contributed by atoms with E-state index in [2.05, 4.69) is 0 Å². The first-order valence-corrected chi connectivity index (χ1v) is 16.3. The number of carboxylic acids is 1. The molecule has 2 heterocycles. The molecule has 0 aromatic heterocycles. The highest BCUT2D eigenvalue weighted by Gasteiger charge is 2.65. The van der Waals surface area contributed by atoms with Crippen molar-refractivity contribution in [2.24, 2.45) is 5.41 Å². The lowest BCUT2D eigenvalue weighted by Crippen LogP contribution is -2.66. The number of nitrogens with zero attached hydrogens (tertiary/aromatic N) is 1. The molecule has 3 fully saturated rings. The monoisotopic (exact) mass is 685 g/mol. The van der Waals surface area contributed by atoms with Crippen molar-refractivity contribution in [1.82, 2.24) is 0 Å². The molecule has 1 aliphatic carbocycles. The molecule has 2 saturated heterocycles. The third-order valence-corrected chi connectivity index (χ3v) is 10.4. The maximum Gasteiger partial charge on any atom is 0.335 e.